The molecule has 0 bridgehead atoms. The summed E-state index contributed by atoms with van der Waals surface area (Å²) in [5, 5.41) is 0. The molecule has 0 aromatic rings. The van der Waals surface area contributed by atoms with E-state index < -0.39 is 0 Å². The van der Waals surface area contributed by atoms with Crippen LogP contribution in [0.25, 0.3) is 0 Å². The van der Waals surface area contributed by atoms with Crippen LogP contribution in [0.3, 0.4) is 0 Å². The van der Waals surface area contributed by atoms with Gasteiger partial charge in [0.2, 0.25) is 0 Å². The zero-order chi connectivity index (χ0) is 31.3. The molecular formula is C39H86. The molecule has 0 unspecified atom stereocenters. The molecule has 0 aliphatic rings. The van der Waals surface area contributed by atoms with E-state index in [0.29, 0.717) is 0 Å². The molecule has 0 aliphatic heterocycles. The lowest BCUT2D eigenvalue weighted by atomic mass is 9.96. The molecule has 0 nitrogen and oxygen atoms in total. The van der Waals surface area contributed by atoms with Gasteiger partial charge in [0.1, 0.15) is 0 Å². The monoisotopic (exact) mass is 555 g/mol. The van der Waals surface area contributed by atoms with Crippen molar-refractivity contribution >= 4 is 0 Å². The van der Waals surface area contributed by atoms with Gasteiger partial charge in [0, 0.05) is 0 Å². The summed E-state index contributed by atoms with van der Waals surface area (Å²) >= 11 is 0. The Morgan fingerprint density at radius 2 is 0.641 bits per heavy atom. The molecule has 0 aromatic heterocycles. The summed E-state index contributed by atoms with van der Waals surface area (Å²) in [6, 6.07) is 0. The summed E-state index contributed by atoms with van der Waals surface area (Å²) in [4.78, 5) is 0. The Morgan fingerprint density at radius 3 is 0.949 bits per heavy atom. The molecule has 242 valence electrons. The quantitative estimate of drug-likeness (QED) is 0.0921. The molecule has 0 aliphatic carbocycles. The highest BCUT2D eigenvalue weighted by atomic mass is 14.1. The molecule has 0 rings (SSSR count). The second-order valence-electron chi connectivity index (χ2n) is 10.3. The first-order valence-electron chi connectivity index (χ1n) is 18.3. The van der Waals surface area contributed by atoms with E-state index in [4.69, 9.17) is 0 Å². The normalized spacial score (nSPS) is 9.54. The van der Waals surface area contributed by atoms with E-state index in [1.165, 1.54) is 148 Å². The number of hydrogen-bond donors (Lipinski definition) is 0. The Bertz CT molecular complexity index is 300. The van der Waals surface area contributed by atoms with E-state index in [-0.39, 0.29) is 0 Å². The van der Waals surface area contributed by atoms with Crippen LogP contribution in [0.4, 0.5) is 0 Å². The van der Waals surface area contributed by atoms with Gasteiger partial charge < -0.3 is 0 Å². The Morgan fingerprint density at radius 1 is 0.385 bits per heavy atom. The van der Waals surface area contributed by atoms with Crippen molar-refractivity contribution in [3.63, 3.8) is 0 Å². The summed E-state index contributed by atoms with van der Waals surface area (Å²) < 4.78 is 0. The van der Waals surface area contributed by atoms with Gasteiger partial charge in [0.05, 0.1) is 0 Å². The van der Waals surface area contributed by atoms with Gasteiger partial charge in [-0.1, -0.05) is 210 Å². The third kappa shape index (κ3) is 78.7. The van der Waals surface area contributed by atoms with Crippen LogP contribution in [-0.4, -0.2) is 0 Å². The van der Waals surface area contributed by atoms with Crippen molar-refractivity contribution in [1.82, 2.24) is 0 Å². The first-order valence-corrected chi connectivity index (χ1v) is 18.3. The molecule has 0 aromatic carbocycles. The van der Waals surface area contributed by atoms with Gasteiger partial charge in [0.25, 0.3) is 0 Å². The van der Waals surface area contributed by atoms with Crippen LogP contribution in [0.15, 0.2) is 25.3 Å². The lowest BCUT2D eigenvalue weighted by Gasteiger charge is -2.10. The molecular weight excluding hydrogens is 468 g/mol. The molecule has 0 amide bonds. The highest BCUT2D eigenvalue weighted by Gasteiger charge is 2.01. The maximum atomic E-state index is 3.00. The van der Waals surface area contributed by atoms with Crippen molar-refractivity contribution in [2.24, 2.45) is 5.92 Å². The van der Waals surface area contributed by atoms with E-state index in [2.05, 4.69) is 73.8 Å². The Hall–Kier alpha value is -0.520. The largest absolute Gasteiger partial charge is 0.106 e. The molecule has 0 radical (unpaired) electrons. The van der Waals surface area contributed by atoms with Crippen LogP contribution < -0.4 is 0 Å². The van der Waals surface area contributed by atoms with Crippen LogP contribution in [-0.2, 0) is 0 Å². The maximum Gasteiger partial charge on any atom is -0.0351 e. The van der Waals surface area contributed by atoms with Crippen molar-refractivity contribution in [2.75, 3.05) is 0 Å². The second-order valence-corrected chi connectivity index (χ2v) is 10.3. The predicted octanol–water partition coefficient (Wildman–Crippen LogP) is 16.1. The summed E-state index contributed by atoms with van der Waals surface area (Å²) in [5.41, 5.74) is 0. The SMILES string of the molecule is C=C.CC.CC.CCCC.CCCCC/C=C\CCCCCC.CCCCCCCC(C)CCCCCCC. The first kappa shape index (κ1) is 51.2. The lowest BCUT2D eigenvalue weighted by Crippen LogP contribution is -1.95. The summed E-state index contributed by atoms with van der Waals surface area (Å²) in [7, 11) is 0. The molecule has 0 saturated heterocycles. The number of hydrogen-bond acceptors (Lipinski definition) is 0. The maximum absolute atomic E-state index is 3.00. The molecule has 0 atom stereocenters. The van der Waals surface area contributed by atoms with Crippen LogP contribution in [0.2, 0.25) is 0 Å². The van der Waals surface area contributed by atoms with Gasteiger partial charge in [-0.25, -0.2) is 0 Å². The lowest BCUT2D eigenvalue weighted by molar-refractivity contribution is 0.433. The van der Waals surface area contributed by atoms with Crippen molar-refractivity contribution in [3.05, 3.63) is 25.3 Å². The molecule has 0 N–H and O–H groups in total. The fourth-order valence-corrected chi connectivity index (χ4v) is 3.77. The molecule has 39 heavy (non-hydrogen) atoms. The summed E-state index contributed by atoms with van der Waals surface area (Å²) in [6.07, 6.45) is 36.9. The van der Waals surface area contributed by atoms with E-state index in [9.17, 15) is 0 Å². The third-order valence-corrected chi connectivity index (χ3v) is 6.47. The predicted molar refractivity (Wildman–Crippen MR) is 192 cm³/mol. The topological polar surface area (TPSA) is 0 Å². The van der Waals surface area contributed by atoms with Crippen molar-refractivity contribution in [2.45, 2.75) is 224 Å². The average molecular weight is 555 g/mol. The van der Waals surface area contributed by atoms with Crippen LogP contribution in [0, 0.1) is 5.92 Å². The first-order chi connectivity index (χ1) is 19.1. The zero-order valence-electron chi connectivity index (χ0n) is 30.4. The van der Waals surface area contributed by atoms with Crippen LogP contribution >= 0.6 is 0 Å². The zero-order valence-corrected chi connectivity index (χ0v) is 30.4. The van der Waals surface area contributed by atoms with Gasteiger partial charge in [-0.15, -0.1) is 13.2 Å². The molecule has 0 heterocycles. The van der Waals surface area contributed by atoms with Crippen LogP contribution in [0.5, 0.6) is 0 Å². The van der Waals surface area contributed by atoms with Gasteiger partial charge >= 0.3 is 0 Å². The summed E-state index contributed by atoms with van der Waals surface area (Å²) in [6.45, 7) is 29.9. The number of rotatable bonds is 22. The van der Waals surface area contributed by atoms with Gasteiger partial charge in [0.15, 0.2) is 0 Å². The van der Waals surface area contributed by atoms with E-state index in [1.54, 1.807) is 0 Å². The van der Waals surface area contributed by atoms with Gasteiger partial charge in [-0.05, 0) is 31.6 Å². The van der Waals surface area contributed by atoms with E-state index >= 15 is 0 Å². The Labute approximate surface area is 254 Å². The molecule has 0 saturated carbocycles. The van der Waals surface area contributed by atoms with Crippen LogP contribution in [0.1, 0.15) is 224 Å². The summed E-state index contributed by atoms with van der Waals surface area (Å²) in [5.74, 6) is 0.975. The second kappa shape index (κ2) is 66.1. The Kier molecular flexibility index (Phi) is 86.8. The highest BCUT2D eigenvalue weighted by Crippen LogP contribution is 2.18. The van der Waals surface area contributed by atoms with Crippen molar-refractivity contribution < 1.29 is 0 Å². The van der Waals surface area contributed by atoms with Gasteiger partial charge in [-0.3, -0.25) is 0 Å². The minimum atomic E-state index is 0.975. The number of unbranched alkanes of at least 4 members (excludes halogenated alkanes) is 16. The minimum absolute atomic E-state index is 0.975. The minimum Gasteiger partial charge on any atom is -0.106 e. The van der Waals surface area contributed by atoms with E-state index in [1.807, 2.05) is 27.7 Å². The van der Waals surface area contributed by atoms with Gasteiger partial charge in [-0.2, -0.15) is 0 Å². The smallest absolute Gasteiger partial charge is 0.0351 e. The van der Waals surface area contributed by atoms with Crippen molar-refractivity contribution in [1.29, 1.82) is 0 Å². The average Bonchev–Trinajstić information content (AvgIpc) is 2.99. The molecule has 0 fully saturated rings. The Balaban J connectivity index is -0.000000106. The van der Waals surface area contributed by atoms with Crippen molar-refractivity contribution in [3.8, 4) is 0 Å². The fraction of sp³-hybridized carbons (Fsp3) is 0.897. The standard InChI is InChI=1S/C16H34.C13H26.C4H10.2C2H6.C2H4/c1-4-6-8-10-12-14-16(3)15-13-11-9-7-5-2;1-3-5-7-9-11-13-12-10-8-6-4-2;1-3-4-2;3*1-2/h16H,4-15H2,1-3H3;11,13H,3-10,12H2,1-2H3;3-4H2,1-2H3;2*1-2H3;1-2H2/b;13-11-;;;;. The molecule has 0 spiro atoms. The van der Waals surface area contributed by atoms with E-state index in [0.717, 1.165) is 5.92 Å². The molecule has 0 heteroatoms. The third-order valence-electron chi connectivity index (χ3n) is 6.47. The number of allylic oxidation sites excluding steroid dienone is 2. The fourth-order valence-electron chi connectivity index (χ4n) is 3.77. The highest BCUT2D eigenvalue weighted by molar-refractivity contribution is 4.81.